The van der Waals surface area contributed by atoms with Gasteiger partial charge in [-0.1, -0.05) is 45.4 Å². The molecule has 0 radical (unpaired) electrons. The van der Waals surface area contributed by atoms with Gasteiger partial charge in [0, 0.05) is 5.92 Å². The van der Waals surface area contributed by atoms with Crippen molar-refractivity contribution < 1.29 is 28.7 Å². The molecule has 0 saturated heterocycles. The Morgan fingerprint density at radius 2 is 1.74 bits per heavy atom. The van der Waals surface area contributed by atoms with E-state index in [2.05, 4.69) is 4.18 Å². The fourth-order valence-corrected chi connectivity index (χ4v) is 2.15. The molecule has 1 aromatic carbocycles. The molecule has 1 aromatic rings. The maximum atomic E-state index is 12.2. The van der Waals surface area contributed by atoms with E-state index in [1.54, 1.807) is 13.8 Å². The Morgan fingerprint density at radius 1 is 1.16 bits per heavy atom. The molecular weight excluding hydrogens is 291 g/mol. The molecule has 1 rings (SSSR count). The van der Waals surface area contributed by atoms with E-state index < -0.39 is 22.2 Å². The van der Waals surface area contributed by atoms with Crippen LogP contribution in [0, 0.1) is 5.92 Å². The molecule has 112 valence electrons. The molecule has 0 aliphatic carbocycles. The molecule has 1 N–H and O–H groups in total. The van der Waals surface area contributed by atoms with E-state index >= 15 is 0 Å². The third-order valence-electron chi connectivity index (χ3n) is 2.54. The largest absolute Gasteiger partial charge is 0.435 e. The van der Waals surface area contributed by atoms with Gasteiger partial charge in [0.25, 0.3) is 0 Å². The van der Waals surface area contributed by atoms with Gasteiger partial charge < -0.3 is 9.29 Å². The number of hydrogen-bond acceptors (Lipinski definition) is 2. The highest BCUT2D eigenvalue weighted by Crippen LogP contribution is 2.97. The van der Waals surface area contributed by atoms with Crippen LogP contribution in [0.15, 0.2) is 24.3 Å². The lowest BCUT2D eigenvalue weighted by atomic mass is 9.89. The number of benzene rings is 1. The van der Waals surface area contributed by atoms with Crippen molar-refractivity contribution in [3.05, 3.63) is 29.8 Å². The van der Waals surface area contributed by atoms with Crippen molar-refractivity contribution in [2.45, 2.75) is 19.8 Å². The third-order valence-corrected chi connectivity index (χ3v) is 3.05. The summed E-state index contributed by atoms with van der Waals surface area (Å²) in [5.74, 6) is -1.47. The van der Waals surface area contributed by atoms with Crippen LogP contribution in [0.5, 0.6) is 5.75 Å². The quantitative estimate of drug-likeness (QED) is 0.775. The summed E-state index contributed by atoms with van der Waals surface area (Å²) in [5.41, 5.74) is 0.317. The second-order valence-corrected chi connectivity index (χ2v) is 6.55. The summed E-state index contributed by atoms with van der Waals surface area (Å²) in [7, 11) is -9.96. The number of aliphatic hydroxyl groups excluding tert-OH is 1. The molecular formula is C11H15F5O2S. The molecule has 0 spiro atoms. The van der Waals surface area contributed by atoms with Crippen LogP contribution in [0.1, 0.15) is 25.3 Å². The summed E-state index contributed by atoms with van der Waals surface area (Å²) < 4.78 is 64.0. The van der Waals surface area contributed by atoms with Gasteiger partial charge in [0.2, 0.25) is 0 Å². The molecule has 19 heavy (non-hydrogen) atoms. The predicted molar refractivity (Wildman–Crippen MR) is 64.9 cm³/mol. The number of rotatable bonds is 5. The van der Waals surface area contributed by atoms with E-state index in [4.69, 9.17) is 0 Å². The summed E-state index contributed by atoms with van der Waals surface area (Å²) in [6.07, 6.45) is 0. The lowest BCUT2D eigenvalue weighted by molar-refractivity contribution is 0.235. The zero-order valence-corrected chi connectivity index (χ0v) is 11.1. The van der Waals surface area contributed by atoms with Gasteiger partial charge >= 0.3 is 10.5 Å². The number of hydrogen-bond donors (Lipinski definition) is 1. The molecule has 2 nitrogen and oxygen atoms in total. The molecule has 8 heteroatoms. The van der Waals surface area contributed by atoms with Gasteiger partial charge in [0.1, 0.15) is 5.75 Å². The Morgan fingerprint density at radius 3 is 2.16 bits per heavy atom. The first kappa shape index (κ1) is 16.0. The summed E-state index contributed by atoms with van der Waals surface area (Å²) in [4.78, 5) is 0. The minimum Gasteiger partial charge on any atom is -0.396 e. The summed E-state index contributed by atoms with van der Waals surface area (Å²) in [6, 6.07) is 4.31. The van der Waals surface area contributed by atoms with E-state index in [-0.39, 0.29) is 12.5 Å². The minimum absolute atomic E-state index is 0.0554. The van der Waals surface area contributed by atoms with Gasteiger partial charge in [0.15, 0.2) is 0 Å². The van der Waals surface area contributed by atoms with Crippen molar-refractivity contribution in [3.63, 3.8) is 0 Å². The zero-order valence-electron chi connectivity index (χ0n) is 10.3. The van der Waals surface area contributed by atoms with Gasteiger partial charge in [0.05, 0.1) is 6.61 Å². The molecule has 1 unspecified atom stereocenters. The zero-order chi connectivity index (χ0) is 15.0. The predicted octanol–water partition coefficient (Wildman–Crippen LogP) is 5.01. The van der Waals surface area contributed by atoms with Crippen molar-refractivity contribution in [3.8, 4) is 5.75 Å². The highest BCUT2D eigenvalue weighted by Gasteiger charge is 2.67. The highest BCUT2D eigenvalue weighted by molar-refractivity contribution is 8.42. The second kappa shape index (κ2) is 4.24. The fourth-order valence-electron chi connectivity index (χ4n) is 1.68. The maximum absolute atomic E-state index is 12.2. The normalized spacial score (nSPS) is 17.7. The van der Waals surface area contributed by atoms with Crippen molar-refractivity contribution >= 4 is 10.5 Å². The molecule has 0 bridgehead atoms. The molecule has 0 heterocycles. The lowest BCUT2D eigenvalue weighted by Gasteiger charge is -2.39. The first-order chi connectivity index (χ1) is 8.31. The van der Waals surface area contributed by atoms with Crippen LogP contribution in [-0.2, 0) is 0 Å². The fraction of sp³-hybridized carbons (Fsp3) is 0.455. The first-order valence-corrected chi connectivity index (χ1v) is 7.34. The number of halogens is 5. The van der Waals surface area contributed by atoms with Crippen molar-refractivity contribution in [2.75, 3.05) is 6.61 Å². The van der Waals surface area contributed by atoms with Gasteiger partial charge in [-0.25, -0.2) is 0 Å². The Labute approximate surface area is 108 Å². The monoisotopic (exact) mass is 306 g/mol. The van der Waals surface area contributed by atoms with E-state index in [1.165, 1.54) is 12.1 Å². The Hall–Kier alpha value is -1.02. The van der Waals surface area contributed by atoms with Gasteiger partial charge in [-0.05, 0) is 23.6 Å². The van der Waals surface area contributed by atoms with E-state index in [9.17, 15) is 24.5 Å². The first-order valence-electron chi connectivity index (χ1n) is 5.46. The van der Waals surface area contributed by atoms with Crippen LogP contribution in [0.4, 0.5) is 19.4 Å². The topological polar surface area (TPSA) is 29.5 Å². The highest BCUT2D eigenvalue weighted by atomic mass is 32.5. The van der Waals surface area contributed by atoms with Crippen molar-refractivity contribution in [1.29, 1.82) is 0 Å². The summed E-state index contributed by atoms with van der Waals surface area (Å²) in [5, 5.41) is 9.17. The smallest absolute Gasteiger partial charge is 0.396 e. The summed E-state index contributed by atoms with van der Waals surface area (Å²) in [6.45, 7) is 3.23. The third kappa shape index (κ3) is 5.65. The maximum Gasteiger partial charge on any atom is 0.435 e. The SMILES string of the molecule is CC(C)C(CO)c1cccc(OS(F)(F)(F)(F)F)c1. The molecule has 0 aromatic heterocycles. The van der Waals surface area contributed by atoms with Crippen LogP contribution < -0.4 is 4.18 Å². The Balaban J connectivity index is 3.09. The average Bonchev–Trinajstić information content (AvgIpc) is 2.13. The van der Waals surface area contributed by atoms with E-state index in [0.717, 1.165) is 12.1 Å². The van der Waals surface area contributed by atoms with Crippen molar-refractivity contribution in [2.24, 2.45) is 5.92 Å². The Kier molecular flexibility index (Phi) is 3.58. The standard InChI is InChI=1S/C11H15F5O2S/c1-8(2)11(7-17)9-4-3-5-10(6-9)18-19(12,13,14,15)16/h3-6,8,11,17H,7H2,1-2H3. The van der Waals surface area contributed by atoms with E-state index in [1.807, 2.05) is 0 Å². The molecule has 0 saturated carbocycles. The summed E-state index contributed by atoms with van der Waals surface area (Å²) >= 11 is 0. The Bertz CT molecular complexity index is 457. The molecule has 0 aliphatic heterocycles. The second-order valence-electron chi connectivity index (χ2n) is 4.59. The van der Waals surface area contributed by atoms with Crippen LogP contribution in [0.25, 0.3) is 0 Å². The van der Waals surface area contributed by atoms with Crippen LogP contribution in [0.3, 0.4) is 0 Å². The lowest BCUT2D eigenvalue weighted by Crippen LogP contribution is -2.15. The number of aliphatic hydroxyl groups is 1. The molecule has 0 fully saturated rings. The van der Waals surface area contributed by atoms with Crippen LogP contribution in [0.2, 0.25) is 0 Å². The molecule has 1 atom stereocenters. The van der Waals surface area contributed by atoms with Gasteiger partial charge in [-0.3, -0.25) is 0 Å². The van der Waals surface area contributed by atoms with Crippen LogP contribution >= 0.6 is 10.5 Å². The molecule has 0 aliphatic rings. The van der Waals surface area contributed by atoms with Crippen molar-refractivity contribution in [1.82, 2.24) is 0 Å². The van der Waals surface area contributed by atoms with E-state index in [0.29, 0.717) is 5.56 Å². The molecule has 0 amide bonds. The minimum atomic E-state index is -9.96. The van der Waals surface area contributed by atoms with Gasteiger partial charge in [-0.2, -0.15) is 0 Å². The van der Waals surface area contributed by atoms with Crippen LogP contribution in [-0.4, -0.2) is 11.7 Å². The average molecular weight is 306 g/mol. The van der Waals surface area contributed by atoms with Gasteiger partial charge in [-0.15, -0.1) is 0 Å².